The smallest absolute Gasteiger partial charge is 0.230 e. The van der Waals surface area contributed by atoms with E-state index in [1.54, 1.807) is 12.1 Å². The Balaban J connectivity index is 1.55. The highest BCUT2D eigenvalue weighted by molar-refractivity contribution is 8.00. The molecule has 0 fully saturated rings. The molecule has 0 saturated carbocycles. The van der Waals surface area contributed by atoms with E-state index in [4.69, 9.17) is 11.6 Å². The van der Waals surface area contributed by atoms with E-state index in [1.165, 1.54) is 18.8 Å². The van der Waals surface area contributed by atoms with Crippen LogP contribution >= 0.6 is 23.4 Å². The summed E-state index contributed by atoms with van der Waals surface area (Å²) in [5.74, 6) is 0.129. The summed E-state index contributed by atoms with van der Waals surface area (Å²) in [7, 11) is -1.90. The van der Waals surface area contributed by atoms with Gasteiger partial charge >= 0.3 is 0 Å². The molecular formula is C21H21ClN2O3S2. The maximum absolute atomic E-state index is 12.3. The van der Waals surface area contributed by atoms with Crippen LogP contribution in [0.2, 0.25) is 5.02 Å². The first-order valence-corrected chi connectivity index (χ1v) is 12.0. The predicted octanol–water partition coefficient (Wildman–Crippen LogP) is 3.95. The molecule has 2 N–H and O–H groups in total. The van der Waals surface area contributed by atoms with Crippen molar-refractivity contribution >= 4 is 50.1 Å². The van der Waals surface area contributed by atoms with Gasteiger partial charge in [-0.15, -0.1) is 11.8 Å². The van der Waals surface area contributed by atoms with Crippen LogP contribution in [-0.4, -0.2) is 27.1 Å². The molecule has 1 amide bonds. The van der Waals surface area contributed by atoms with Crippen LogP contribution < -0.4 is 10.0 Å². The molecule has 3 aromatic carbocycles. The van der Waals surface area contributed by atoms with Gasteiger partial charge in [0.2, 0.25) is 15.9 Å². The number of amides is 1. The second-order valence-electron chi connectivity index (χ2n) is 6.44. The minimum atomic E-state index is -3.30. The van der Waals surface area contributed by atoms with Crippen molar-refractivity contribution < 1.29 is 13.2 Å². The number of rotatable bonds is 8. The van der Waals surface area contributed by atoms with Gasteiger partial charge in [-0.25, -0.2) is 13.1 Å². The van der Waals surface area contributed by atoms with E-state index in [9.17, 15) is 13.2 Å². The SMILES string of the molecule is CNS(=O)(=O)Cc1ccc(CNC(=O)CSc2cccc3cccc(Cl)c23)cc1. The molecule has 5 nitrogen and oxygen atoms in total. The minimum absolute atomic E-state index is 0.0691. The molecule has 29 heavy (non-hydrogen) atoms. The highest BCUT2D eigenvalue weighted by Gasteiger charge is 2.10. The van der Waals surface area contributed by atoms with Gasteiger partial charge < -0.3 is 5.32 Å². The fourth-order valence-electron chi connectivity index (χ4n) is 2.82. The Labute approximate surface area is 179 Å². The summed E-state index contributed by atoms with van der Waals surface area (Å²) in [6, 6.07) is 18.8. The van der Waals surface area contributed by atoms with Gasteiger partial charge in [-0.3, -0.25) is 4.79 Å². The van der Waals surface area contributed by atoms with Crippen LogP contribution in [0.5, 0.6) is 0 Å². The summed E-state index contributed by atoms with van der Waals surface area (Å²) in [6.45, 7) is 0.384. The third-order valence-electron chi connectivity index (χ3n) is 4.35. The molecule has 0 aliphatic rings. The van der Waals surface area contributed by atoms with E-state index in [1.807, 2.05) is 48.5 Å². The number of benzene rings is 3. The van der Waals surface area contributed by atoms with E-state index in [0.717, 1.165) is 21.2 Å². The Bertz CT molecular complexity index is 1110. The Hall–Kier alpha value is -2.06. The van der Waals surface area contributed by atoms with E-state index in [0.29, 0.717) is 17.1 Å². The van der Waals surface area contributed by atoms with Crippen LogP contribution in [-0.2, 0) is 27.1 Å². The number of carbonyl (C=O) groups is 1. The fourth-order valence-corrected chi connectivity index (χ4v) is 4.87. The molecule has 0 aliphatic heterocycles. The number of halogens is 1. The lowest BCUT2D eigenvalue weighted by Crippen LogP contribution is -2.24. The zero-order chi connectivity index (χ0) is 20.9. The van der Waals surface area contributed by atoms with E-state index in [-0.39, 0.29) is 17.4 Å². The van der Waals surface area contributed by atoms with Gasteiger partial charge in [0.25, 0.3) is 0 Å². The Morgan fingerprint density at radius 3 is 2.34 bits per heavy atom. The largest absolute Gasteiger partial charge is 0.351 e. The van der Waals surface area contributed by atoms with Crippen molar-refractivity contribution in [3.8, 4) is 0 Å². The van der Waals surface area contributed by atoms with Crippen LogP contribution in [0.1, 0.15) is 11.1 Å². The van der Waals surface area contributed by atoms with Crippen LogP contribution in [0.25, 0.3) is 10.8 Å². The number of fused-ring (bicyclic) bond motifs is 1. The maximum Gasteiger partial charge on any atom is 0.230 e. The Kier molecular flexibility index (Phi) is 7.18. The van der Waals surface area contributed by atoms with Gasteiger partial charge in [0.05, 0.1) is 11.5 Å². The van der Waals surface area contributed by atoms with Crippen LogP contribution in [0.15, 0.2) is 65.6 Å². The molecule has 0 aliphatic carbocycles. The molecule has 3 aromatic rings. The zero-order valence-electron chi connectivity index (χ0n) is 15.8. The van der Waals surface area contributed by atoms with E-state index >= 15 is 0 Å². The first-order valence-electron chi connectivity index (χ1n) is 8.94. The summed E-state index contributed by atoms with van der Waals surface area (Å²) in [4.78, 5) is 13.2. The van der Waals surface area contributed by atoms with Gasteiger partial charge in [-0.2, -0.15) is 0 Å². The first-order chi connectivity index (χ1) is 13.9. The monoisotopic (exact) mass is 448 g/mol. The zero-order valence-corrected chi connectivity index (χ0v) is 18.2. The number of carbonyl (C=O) groups excluding carboxylic acids is 1. The molecule has 3 rings (SSSR count). The lowest BCUT2D eigenvalue weighted by molar-refractivity contribution is -0.118. The van der Waals surface area contributed by atoms with E-state index < -0.39 is 10.0 Å². The number of thioether (sulfide) groups is 1. The van der Waals surface area contributed by atoms with Crippen LogP contribution in [0.4, 0.5) is 0 Å². The van der Waals surface area contributed by atoms with Gasteiger partial charge in [0.15, 0.2) is 0 Å². The Morgan fingerprint density at radius 1 is 1.00 bits per heavy atom. The minimum Gasteiger partial charge on any atom is -0.351 e. The van der Waals surface area contributed by atoms with Crippen molar-refractivity contribution in [3.63, 3.8) is 0 Å². The average molecular weight is 449 g/mol. The van der Waals surface area contributed by atoms with Crippen molar-refractivity contribution in [2.75, 3.05) is 12.8 Å². The molecule has 152 valence electrons. The van der Waals surface area contributed by atoms with Crippen molar-refractivity contribution in [1.82, 2.24) is 10.0 Å². The average Bonchev–Trinajstić information content (AvgIpc) is 2.71. The maximum atomic E-state index is 12.3. The lowest BCUT2D eigenvalue weighted by Gasteiger charge is -2.09. The molecule has 8 heteroatoms. The summed E-state index contributed by atoms with van der Waals surface area (Å²) < 4.78 is 25.5. The predicted molar refractivity (Wildman–Crippen MR) is 120 cm³/mol. The lowest BCUT2D eigenvalue weighted by atomic mass is 10.1. The van der Waals surface area contributed by atoms with Crippen molar-refractivity contribution in [3.05, 3.63) is 76.8 Å². The second-order valence-corrected chi connectivity index (χ2v) is 9.79. The second kappa shape index (κ2) is 9.63. The molecule has 0 atom stereocenters. The van der Waals surface area contributed by atoms with Crippen molar-refractivity contribution in [1.29, 1.82) is 0 Å². The summed E-state index contributed by atoms with van der Waals surface area (Å²) in [5, 5.41) is 5.56. The molecule has 0 saturated heterocycles. The van der Waals surface area contributed by atoms with Gasteiger partial charge in [0.1, 0.15) is 0 Å². The summed E-state index contributed by atoms with van der Waals surface area (Å²) >= 11 is 7.77. The molecular weight excluding hydrogens is 428 g/mol. The molecule has 0 aromatic heterocycles. The number of sulfonamides is 1. The number of hydrogen-bond acceptors (Lipinski definition) is 4. The quantitative estimate of drug-likeness (QED) is 0.511. The topological polar surface area (TPSA) is 75.3 Å². The third-order valence-corrected chi connectivity index (χ3v) is 7.06. The highest BCUT2D eigenvalue weighted by atomic mass is 35.5. The van der Waals surface area contributed by atoms with Crippen molar-refractivity contribution in [2.45, 2.75) is 17.2 Å². The first kappa shape index (κ1) is 21.6. The standard InChI is InChI=1S/C21H21ClN2O3S2/c1-23-29(26,27)14-16-10-8-15(9-11-16)12-24-20(25)13-28-19-7-3-5-17-4-2-6-18(22)21(17)19/h2-11,23H,12-14H2,1H3,(H,24,25). The normalized spacial score (nSPS) is 11.5. The van der Waals surface area contributed by atoms with Crippen LogP contribution in [0.3, 0.4) is 0 Å². The number of nitrogens with one attached hydrogen (secondary N) is 2. The molecule has 0 spiro atoms. The Morgan fingerprint density at radius 2 is 1.66 bits per heavy atom. The number of hydrogen-bond donors (Lipinski definition) is 2. The summed E-state index contributed by atoms with van der Waals surface area (Å²) in [5.41, 5.74) is 1.60. The molecule has 0 bridgehead atoms. The highest BCUT2D eigenvalue weighted by Crippen LogP contribution is 2.33. The van der Waals surface area contributed by atoms with Gasteiger partial charge in [0, 0.05) is 21.8 Å². The van der Waals surface area contributed by atoms with Crippen LogP contribution in [0, 0.1) is 0 Å². The third kappa shape index (κ3) is 5.96. The molecule has 0 heterocycles. The van der Waals surface area contributed by atoms with E-state index in [2.05, 4.69) is 10.0 Å². The van der Waals surface area contributed by atoms with Crippen molar-refractivity contribution in [2.24, 2.45) is 0 Å². The fraction of sp³-hybridized carbons (Fsp3) is 0.190. The summed E-state index contributed by atoms with van der Waals surface area (Å²) in [6.07, 6.45) is 0. The van der Waals surface area contributed by atoms with Gasteiger partial charge in [-0.1, -0.05) is 60.1 Å². The van der Waals surface area contributed by atoms with Gasteiger partial charge in [-0.05, 0) is 35.7 Å². The molecule has 0 radical (unpaired) electrons. The molecule has 0 unspecified atom stereocenters.